The molecule has 0 aliphatic carbocycles. The summed E-state index contributed by atoms with van der Waals surface area (Å²) in [5, 5.41) is 7.50. The van der Waals surface area contributed by atoms with E-state index < -0.39 is 14.6 Å². The minimum Gasteiger partial charge on any atom is -0.381 e. The van der Waals surface area contributed by atoms with Gasteiger partial charge in [0.1, 0.15) is 0 Å². The highest BCUT2D eigenvalue weighted by atomic mass is 32.2. The molecule has 2 heterocycles. The van der Waals surface area contributed by atoms with Gasteiger partial charge < -0.3 is 15.4 Å². The summed E-state index contributed by atoms with van der Waals surface area (Å²) in [6, 6.07) is 0. The van der Waals surface area contributed by atoms with Gasteiger partial charge in [0.2, 0.25) is 0 Å². The van der Waals surface area contributed by atoms with Gasteiger partial charge >= 0.3 is 0 Å². The number of hydrogen-bond donors (Lipinski definition) is 2. The highest BCUT2D eigenvalue weighted by Crippen LogP contribution is 2.28. The van der Waals surface area contributed by atoms with Crippen LogP contribution in [-0.2, 0) is 27.4 Å². The van der Waals surface area contributed by atoms with Gasteiger partial charge in [0.25, 0.3) is 0 Å². The molecule has 7 nitrogen and oxygen atoms in total. The van der Waals surface area contributed by atoms with Crippen LogP contribution in [0.4, 0.5) is 0 Å². The van der Waals surface area contributed by atoms with E-state index in [-0.39, 0.29) is 0 Å². The lowest BCUT2D eigenvalue weighted by atomic mass is 9.99. The Balaban J connectivity index is 1.86. The Hall–Kier alpha value is -1.19. The van der Waals surface area contributed by atoms with E-state index in [2.05, 4.69) is 27.5 Å². The fourth-order valence-corrected chi connectivity index (χ4v) is 4.91. The van der Waals surface area contributed by atoms with Crippen LogP contribution in [0.1, 0.15) is 29.7 Å². The van der Waals surface area contributed by atoms with E-state index in [0.29, 0.717) is 45.1 Å². The third-order valence-corrected chi connectivity index (χ3v) is 7.90. The van der Waals surface area contributed by atoms with Crippen molar-refractivity contribution in [2.75, 3.05) is 39.6 Å². The number of nitrogens with zero attached hydrogens (tertiary/aromatic N) is 2. The van der Waals surface area contributed by atoms with E-state index in [0.717, 1.165) is 17.8 Å². The number of nitrogens with one attached hydrogen (secondary N) is 2. The standard InChI is InChI=1S/C16H28N4O3S2/c1-4-13-11-19-14(24-13)5-8-18-15(17-2)20-12-16(25(3,21)22)6-9-23-10-7-16/h11H,4-10,12H2,1-3H3,(H2,17,18,20). The first kappa shape index (κ1) is 20.1. The molecule has 0 unspecified atom stereocenters. The molecule has 1 aromatic rings. The van der Waals surface area contributed by atoms with Crippen LogP contribution in [0.2, 0.25) is 0 Å². The minimum absolute atomic E-state index is 0.339. The summed E-state index contributed by atoms with van der Waals surface area (Å²) in [5.74, 6) is 0.613. The molecule has 1 aromatic heterocycles. The van der Waals surface area contributed by atoms with Crippen molar-refractivity contribution in [3.8, 4) is 0 Å². The molecule has 142 valence electrons. The largest absolute Gasteiger partial charge is 0.381 e. The fraction of sp³-hybridized carbons (Fsp3) is 0.750. The lowest BCUT2D eigenvalue weighted by Gasteiger charge is -2.35. The first-order chi connectivity index (χ1) is 11.9. The molecule has 0 spiro atoms. The van der Waals surface area contributed by atoms with Gasteiger partial charge in [0, 0.05) is 57.1 Å². The van der Waals surface area contributed by atoms with Crippen LogP contribution in [-0.4, -0.2) is 63.7 Å². The maximum absolute atomic E-state index is 12.3. The van der Waals surface area contributed by atoms with Gasteiger partial charge in [0.05, 0.1) is 9.75 Å². The number of aromatic nitrogens is 1. The Bertz CT molecular complexity index is 679. The number of thiazole rings is 1. The van der Waals surface area contributed by atoms with Crippen LogP contribution < -0.4 is 10.6 Å². The van der Waals surface area contributed by atoms with E-state index in [4.69, 9.17) is 4.74 Å². The lowest BCUT2D eigenvalue weighted by molar-refractivity contribution is 0.0756. The summed E-state index contributed by atoms with van der Waals surface area (Å²) in [6.45, 7) is 4.11. The number of aryl methyl sites for hydroxylation is 1. The number of sulfone groups is 1. The molecule has 1 saturated heterocycles. The maximum Gasteiger partial charge on any atom is 0.191 e. The van der Waals surface area contributed by atoms with Gasteiger partial charge in [-0.2, -0.15) is 0 Å². The van der Waals surface area contributed by atoms with Gasteiger partial charge in [0.15, 0.2) is 15.8 Å². The van der Waals surface area contributed by atoms with Crippen LogP contribution in [0.5, 0.6) is 0 Å². The summed E-state index contributed by atoms with van der Waals surface area (Å²) in [4.78, 5) is 9.87. The Labute approximate surface area is 154 Å². The number of rotatable bonds is 7. The SMILES string of the molecule is CCc1cnc(CCNC(=NC)NCC2(S(C)(=O)=O)CCOCC2)s1. The molecule has 2 rings (SSSR count). The molecule has 0 radical (unpaired) electrons. The monoisotopic (exact) mass is 388 g/mol. The van der Waals surface area contributed by atoms with Crippen LogP contribution in [0, 0.1) is 0 Å². The number of ether oxygens (including phenoxy) is 1. The molecule has 0 aromatic carbocycles. The second-order valence-electron chi connectivity index (χ2n) is 6.24. The molecule has 0 atom stereocenters. The smallest absolute Gasteiger partial charge is 0.191 e. The topological polar surface area (TPSA) is 92.7 Å². The Morgan fingerprint density at radius 2 is 2.12 bits per heavy atom. The van der Waals surface area contributed by atoms with Crippen molar-refractivity contribution >= 4 is 27.1 Å². The quantitative estimate of drug-likeness (QED) is 0.535. The number of hydrogen-bond acceptors (Lipinski definition) is 6. The molecule has 0 amide bonds. The van der Waals surface area contributed by atoms with Gasteiger partial charge in [-0.1, -0.05) is 6.92 Å². The third-order valence-electron chi connectivity index (χ3n) is 4.57. The molecular weight excluding hydrogens is 360 g/mol. The Morgan fingerprint density at radius 3 is 2.68 bits per heavy atom. The molecule has 0 bridgehead atoms. The predicted molar refractivity (Wildman–Crippen MR) is 102 cm³/mol. The van der Waals surface area contributed by atoms with Crippen LogP contribution in [0.25, 0.3) is 0 Å². The highest BCUT2D eigenvalue weighted by Gasteiger charge is 2.42. The van der Waals surface area contributed by atoms with E-state index in [1.165, 1.54) is 11.1 Å². The van der Waals surface area contributed by atoms with Crippen molar-refractivity contribution in [1.29, 1.82) is 0 Å². The van der Waals surface area contributed by atoms with Crippen molar-refractivity contribution in [2.45, 2.75) is 37.4 Å². The van der Waals surface area contributed by atoms with Crippen molar-refractivity contribution in [1.82, 2.24) is 15.6 Å². The van der Waals surface area contributed by atoms with E-state index in [1.54, 1.807) is 18.4 Å². The zero-order valence-corrected chi connectivity index (χ0v) is 16.8. The summed E-state index contributed by atoms with van der Waals surface area (Å²) in [6.07, 6.45) is 6.07. The summed E-state index contributed by atoms with van der Waals surface area (Å²) in [7, 11) is -1.50. The zero-order chi connectivity index (χ0) is 18.3. The number of guanidine groups is 1. The molecule has 2 N–H and O–H groups in total. The molecule has 1 fully saturated rings. The van der Waals surface area contributed by atoms with E-state index >= 15 is 0 Å². The summed E-state index contributed by atoms with van der Waals surface area (Å²) >= 11 is 1.73. The van der Waals surface area contributed by atoms with E-state index in [9.17, 15) is 8.42 Å². The van der Waals surface area contributed by atoms with Crippen LogP contribution in [0.15, 0.2) is 11.2 Å². The Morgan fingerprint density at radius 1 is 1.40 bits per heavy atom. The molecular formula is C16H28N4O3S2. The molecule has 1 aliphatic heterocycles. The third kappa shape index (κ3) is 5.39. The molecule has 25 heavy (non-hydrogen) atoms. The average Bonchev–Trinajstić information content (AvgIpc) is 3.05. The molecule has 9 heteroatoms. The zero-order valence-electron chi connectivity index (χ0n) is 15.2. The maximum atomic E-state index is 12.3. The van der Waals surface area contributed by atoms with Gasteiger partial charge in [-0.25, -0.2) is 13.4 Å². The second-order valence-corrected chi connectivity index (χ2v) is 9.85. The first-order valence-electron chi connectivity index (χ1n) is 8.55. The Kier molecular flexibility index (Phi) is 7.21. The van der Waals surface area contributed by atoms with Gasteiger partial charge in [-0.3, -0.25) is 4.99 Å². The van der Waals surface area contributed by atoms with Crippen molar-refractivity contribution in [2.24, 2.45) is 4.99 Å². The van der Waals surface area contributed by atoms with Crippen LogP contribution >= 0.6 is 11.3 Å². The highest BCUT2D eigenvalue weighted by molar-refractivity contribution is 7.92. The minimum atomic E-state index is -3.19. The predicted octanol–water partition coefficient (Wildman–Crippen LogP) is 1.01. The fourth-order valence-electron chi connectivity index (χ4n) is 2.80. The van der Waals surface area contributed by atoms with Gasteiger partial charge in [-0.15, -0.1) is 11.3 Å². The van der Waals surface area contributed by atoms with Crippen molar-refractivity contribution < 1.29 is 13.2 Å². The van der Waals surface area contributed by atoms with Crippen molar-refractivity contribution in [3.05, 3.63) is 16.1 Å². The normalized spacial score (nSPS) is 18.1. The molecule has 1 aliphatic rings. The summed E-state index contributed by atoms with van der Waals surface area (Å²) < 4.78 is 29.1. The average molecular weight is 389 g/mol. The lowest BCUT2D eigenvalue weighted by Crippen LogP contribution is -2.53. The molecule has 0 saturated carbocycles. The second kappa shape index (κ2) is 8.95. The number of aliphatic imine (C=N–C) groups is 1. The first-order valence-corrected chi connectivity index (χ1v) is 11.3. The van der Waals surface area contributed by atoms with E-state index in [1.807, 2.05) is 6.20 Å². The summed E-state index contributed by atoms with van der Waals surface area (Å²) in [5.41, 5.74) is 0. The van der Waals surface area contributed by atoms with Crippen LogP contribution in [0.3, 0.4) is 0 Å². The van der Waals surface area contributed by atoms with Crippen molar-refractivity contribution in [3.63, 3.8) is 0 Å². The van der Waals surface area contributed by atoms with Gasteiger partial charge in [-0.05, 0) is 19.3 Å².